The molecule has 0 rings (SSSR count). The van der Waals surface area contributed by atoms with Crippen molar-refractivity contribution in [2.75, 3.05) is 45.8 Å². The van der Waals surface area contributed by atoms with Gasteiger partial charge in [-0.1, -0.05) is 181 Å². The summed E-state index contributed by atoms with van der Waals surface area (Å²) in [5.74, 6) is -3.42. The minimum absolute atomic E-state index is 0.122. The number of hydrogen-bond acceptors (Lipinski definition) is 7. The average molecular weight is 791 g/mol. The SMILES string of the molecule is CCCCCCCCCCCCCCCCOCCCOP(=O)(CC(CCC(=O)O)C(=O)O)OCCCOCCCCCCCCCCCCCCCC. The molecule has 0 amide bonds. The molecule has 0 aromatic rings. The Morgan fingerprint density at radius 3 is 1.04 bits per heavy atom. The second kappa shape index (κ2) is 41.6. The van der Waals surface area contributed by atoms with E-state index in [-0.39, 0.29) is 32.2 Å². The van der Waals surface area contributed by atoms with Crippen LogP contribution in [0.3, 0.4) is 0 Å². The smallest absolute Gasteiger partial charge is 0.331 e. The van der Waals surface area contributed by atoms with Gasteiger partial charge in [0.25, 0.3) is 0 Å². The van der Waals surface area contributed by atoms with Crippen LogP contribution in [-0.4, -0.2) is 68.0 Å². The van der Waals surface area contributed by atoms with Crippen molar-refractivity contribution >= 4 is 19.5 Å². The Morgan fingerprint density at radius 2 is 0.741 bits per heavy atom. The third-order valence-electron chi connectivity index (χ3n) is 10.2. The van der Waals surface area contributed by atoms with Crippen molar-refractivity contribution in [3.63, 3.8) is 0 Å². The zero-order valence-electron chi connectivity index (χ0n) is 35.4. The van der Waals surface area contributed by atoms with Gasteiger partial charge >= 0.3 is 19.5 Å². The molecule has 0 aromatic carbocycles. The van der Waals surface area contributed by atoms with Gasteiger partial charge in [0.2, 0.25) is 0 Å². The van der Waals surface area contributed by atoms with Crippen LogP contribution in [0, 0.1) is 5.92 Å². The van der Waals surface area contributed by atoms with Crippen LogP contribution in [0.1, 0.15) is 219 Å². The molecule has 0 bridgehead atoms. The average Bonchev–Trinajstić information content (AvgIpc) is 3.15. The Kier molecular flexibility index (Phi) is 40.9. The van der Waals surface area contributed by atoms with Crippen LogP contribution < -0.4 is 0 Å². The first-order valence-electron chi connectivity index (χ1n) is 22.8. The van der Waals surface area contributed by atoms with Crippen molar-refractivity contribution in [2.24, 2.45) is 5.92 Å². The molecule has 0 heterocycles. The number of carboxylic acids is 2. The van der Waals surface area contributed by atoms with E-state index in [0.29, 0.717) is 39.3 Å². The second-order valence-electron chi connectivity index (χ2n) is 15.6. The minimum Gasteiger partial charge on any atom is -0.481 e. The van der Waals surface area contributed by atoms with Crippen LogP contribution in [0.4, 0.5) is 0 Å². The van der Waals surface area contributed by atoms with E-state index < -0.39 is 25.5 Å². The lowest BCUT2D eigenvalue weighted by Gasteiger charge is -2.22. The third kappa shape index (κ3) is 39.3. The quantitative estimate of drug-likeness (QED) is 0.0457. The number of carbonyl (C=O) groups is 2. The number of ether oxygens (including phenoxy) is 2. The van der Waals surface area contributed by atoms with Gasteiger partial charge in [0, 0.05) is 32.8 Å². The first-order chi connectivity index (χ1) is 26.3. The van der Waals surface area contributed by atoms with Gasteiger partial charge in [0.15, 0.2) is 0 Å². The normalized spacial score (nSPS) is 12.4. The Labute approximate surface area is 332 Å². The predicted molar refractivity (Wildman–Crippen MR) is 224 cm³/mol. The molecule has 322 valence electrons. The number of rotatable bonds is 46. The topological polar surface area (TPSA) is 129 Å². The molecule has 0 saturated carbocycles. The fourth-order valence-electron chi connectivity index (χ4n) is 6.73. The summed E-state index contributed by atoms with van der Waals surface area (Å²) in [6.07, 6.45) is 37.0. The molecule has 0 spiro atoms. The van der Waals surface area contributed by atoms with E-state index in [4.69, 9.17) is 23.6 Å². The van der Waals surface area contributed by atoms with Gasteiger partial charge in [-0.15, -0.1) is 0 Å². The Hall–Kier alpha value is -0.990. The highest BCUT2D eigenvalue weighted by molar-refractivity contribution is 7.53. The van der Waals surface area contributed by atoms with E-state index in [1.165, 1.54) is 154 Å². The summed E-state index contributed by atoms with van der Waals surface area (Å²) < 4.78 is 36.5. The van der Waals surface area contributed by atoms with Crippen LogP contribution >= 0.6 is 7.60 Å². The highest BCUT2D eigenvalue weighted by Gasteiger charge is 2.33. The number of aliphatic carboxylic acids is 2. The molecule has 0 saturated heterocycles. The lowest BCUT2D eigenvalue weighted by Crippen LogP contribution is -2.21. The molecule has 10 heteroatoms. The Morgan fingerprint density at radius 1 is 0.444 bits per heavy atom. The second-order valence-corrected chi connectivity index (χ2v) is 17.7. The zero-order chi connectivity index (χ0) is 39.6. The maximum absolute atomic E-state index is 13.6. The molecule has 0 aliphatic heterocycles. The van der Waals surface area contributed by atoms with Gasteiger partial charge < -0.3 is 28.7 Å². The summed E-state index contributed by atoms with van der Waals surface area (Å²) in [6.45, 7) is 7.07. The monoisotopic (exact) mass is 791 g/mol. The van der Waals surface area contributed by atoms with Crippen LogP contribution in [0.5, 0.6) is 0 Å². The summed E-state index contributed by atoms with van der Waals surface area (Å²) in [5.41, 5.74) is 0. The molecule has 9 nitrogen and oxygen atoms in total. The largest absolute Gasteiger partial charge is 0.481 e. The van der Waals surface area contributed by atoms with Gasteiger partial charge in [-0.05, 0) is 32.1 Å². The van der Waals surface area contributed by atoms with Gasteiger partial charge in [0.05, 0.1) is 25.3 Å². The number of carboxylic acid groups (broad SMARTS) is 2. The predicted octanol–water partition coefficient (Wildman–Crippen LogP) is 13.6. The highest BCUT2D eigenvalue weighted by Crippen LogP contribution is 2.50. The summed E-state index contributed by atoms with van der Waals surface area (Å²) >= 11 is 0. The van der Waals surface area contributed by atoms with E-state index >= 15 is 0 Å². The molecule has 0 aromatic heterocycles. The van der Waals surface area contributed by atoms with Crippen molar-refractivity contribution in [1.82, 2.24) is 0 Å². The van der Waals surface area contributed by atoms with Crippen molar-refractivity contribution < 1.29 is 42.9 Å². The first kappa shape index (κ1) is 53.0. The van der Waals surface area contributed by atoms with Crippen molar-refractivity contribution in [3.8, 4) is 0 Å². The van der Waals surface area contributed by atoms with E-state index in [0.717, 1.165) is 25.7 Å². The maximum atomic E-state index is 13.6. The van der Waals surface area contributed by atoms with Gasteiger partial charge in [-0.3, -0.25) is 14.2 Å². The summed E-state index contributed by atoms with van der Waals surface area (Å²) in [5, 5.41) is 18.7. The lowest BCUT2D eigenvalue weighted by atomic mass is 10.0. The number of hydrogen-bond donors (Lipinski definition) is 2. The summed E-state index contributed by atoms with van der Waals surface area (Å²) in [4.78, 5) is 22.9. The first-order valence-corrected chi connectivity index (χ1v) is 24.6. The standard InChI is InChI=1S/C44H87O9P/c1-3-5-7-9-11-13-15-17-19-21-23-25-27-29-35-50-37-31-39-52-54(49,41-42(44(47)48)33-34-43(45)46)53-40-32-38-51-36-30-28-26-24-22-20-18-16-14-12-10-8-6-4-2/h42H,3-41H2,1-2H3,(H,45,46)(H,47,48). The molecule has 1 atom stereocenters. The van der Waals surface area contributed by atoms with E-state index in [1.807, 2.05) is 0 Å². The fourth-order valence-corrected chi connectivity index (χ4v) is 8.71. The Bertz CT molecular complexity index is 810. The van der Waals surface area contributed by atoms with E-state index in [2.05, 4.69) is 13.8 Å². The third-order valence-corrected chi connectivity index (χ3v) is 12.3. The maximum Gasteiger partial charge on any atom is 0.331 e. The Balaban J connectivity index is 4.07. The zero-order valence-corrected chi connectivity index (χ0v) is 36.2. The highest BCUT2D eigenvalue weighted by atomic mass is 31.2. The molecule has 2 N–H and O–H groups in total. The molecular weight excluding hydrogens is 703 g/mol. The lowest BCUT2D eigenvalue weighted by molar-refractivity contribution is -0.142. The van der Waals surface area contributed by atoms with Crippen molar-refractivity contribution in [1.29, 1.82) is 0 Å². The number of unbranched alkanes of at least 4 members (excludes halogenated alkanes) is 26. The molecule has 0 fully saturated rings. The fraction of sp³-hybridized carbons (Fsp3) is 0.955. The van der Waals surface area contributed by atoms with E-state index in [9.17, 15) is 19.3 Å². The van der Waals surface area contributed by atoms with Crippen LogP contribution in [-0.2, 0) is 32.7 Å². The van der Waals surface area contributed by atoms with Gasteiger partial charge in [0.1, 0.15) is 0 Å². The minimum atomic E-state index is -3.76. The van der Waals surface area contributed by atoms with Crippen molar-refractivity contribution in [2.45, 2.75) is 219 Å². The molecule has 0 aliphatic rings. The van der Waals surface area contributed by atoms with E-state index in [1.54, 1.807) is 0 Å². The van der Waals surface area contributed by atoms with Crippen LogP contribution in [0.25, 0.3) is 0 Å². The van der Waals surface area contributed by atoms with Gasteiger partial charge in [-0.2, -0.15) is 0 Å². The molecule has 0 aliphatic carbocycles. The van der Waals surface area contributed by atoms with Gasteiger partial charge in [-0.25, -0.2) is 0 Å². The van der Waals surface area contributed by atoms with Crippen LogP contribution in [0.2, 0.25) is 0 Å². The summed E-state index contributed by atoms with van der Waals surface area (Å²) in [6, 6.07) is 0. The van der Waals surface area contributed by atoms with Crippen molar-refractivity contribution in [3.05, 3.63) is 0 Å². The molecule has 1 unspecified atom stereocenters. The van der Waals surface area contributed by atoms with Crippen LogP contribution in [0.15, 0.2) is 0 Å². The summed E-state index contributed by atoms with van der Waals surface area (Å²) in [7, 11) is -3.76. The molecule has 54 heavy (non-hydrogen) atoms. The molecular formula is C44H87O9P. The molecule has 0 radical (unpaired) electrons.